The molecule has 2 aromatic carbocycles. The normalized spacial score (nSPS) is 16.2. The second-order valence-electron chi connectivity index (χ2n) is 6.91. The van der Waals surface area contributed by atoms with Crippen LogP contribution < -0.4 is 10.5 Å². The minimum Gasteiger partial charge on any atom is -0.483 e. The third-order valence-corrected chi connectivity index (χ3v) is 5.35. The number of hydrogen-bond acceptors (Lipinski definition) is 5. The van der Waals surface area contributed by atoms with E-state index in [1.165, 1.54) is 18.2 Å². The van der Waals surface area contributed by atoms with E-state index in [0.29, 0.717) is 10.0 Å². The molecule has 1 atom stereocenters. The summed E-state index contributed by atoms with van der Waals surface area (Å²) in [5.74, 6) is -0.173. The summed E-state index contributed by atoms with van der Waals surface area (Å²) in [7, 11) is 0. The fraction of sp³-hybridized carbons (Fsp3) is 0.200. The number of nitrogens with zero attached hydrogens (tertiary/aromatic N) is 3. The zero-order valence-electron chi connectivity index (χ0n) is 15.8. The van der Waals surface area contributed by atoms with Gasteiger partial charge in [-0.3, -0.25) is 10.0 Å². The topological polar surface area (TPSA) is 93.1 Å². The van der Waals surface area contributed by atoms with Crippen LogP contribution >= 0.6 is 15.9 Å². The molecule has 0 radical (unpaired) electrons. The summed E-state index contributed by atoms with van der Waals surface area (Å²) in [6, 6.07) is 11.7. The zero-order valence-corrected chi connectivity index (χ0v) is 17.4. The highest BCUT2D eigenvalue weighted by Crippen LogP contribution is 2.37. The minimum absolute atomic E-state index is 0.0302. The second kappa shape index (κ2) is 7.89. The third kappa shape index (κ3) is 4.23. The Hall–Kier alpha value is -3.05. The van der Waals surface area contributed by atoms with E-state index in [9.17, 15) is 23.2 Å². The molecule has 0 aliphatic carbocycles. The van der Waals surface area contributed by atoms with Crippen molar-refractivity contribution in [2.75, 3.05) is 6.61 Å². The molecule has 1 amide bonds. The maximum Gasteiger partial charge on any atom is 0.422 e. The minimum atomic E-state index is -4.44. The fourth-order valence-electron chi connectivity index (χ4n) is 3.39. The lowest BCUT2D eigenvalue weighted by Crippen LogP contribution is -2.40. The number of carbonyl (C=O) groups excluding carboxylic acids is 1. The molecule has 3 aromatic rings. The first-order valence-electron chi connectivity index (χ1n) is 9.05. The summed E-state index contributed by atoms with van der Waals surface area (Å²) in [6.07, 6.45) is -3.37. The molecule has 0 saturated carbocycles. The van der Waals surface area contributed by atoms with E-state index in [-0.39, 0.29) is 18.1 Å². The molecular weight excluding hydrogens is 481 g/mol. The molecule has 0 spiro atoms. The third-order valence-electron chi connectivity index (χ3n) is 4.73. The van der Waals surface area contributed by atoms with Crippen LogP contribution in [-0.4, -0.2) is 39.4 Å². The van der Waals surface area contributed by atoms with E-state index in [4.69, 9.17) is 10.5 Å². The van der Waals surface area contributed by atoms with Gasteiger partial charge in [-0.1, -0.05) is 12.1 Å². The van der Waals surface area contributed by atoms with Gasteiger partial charge in [-0.25, -0.2) is 10.1 Å². The summed E-state index contributed by atoms with van der Waals surface area (Å²) in [6.45, 7) is -1.37. The van der Waals surface area contributed by atoms with Crippen LogP contribution in [0.5, 0.6) is 5.75 Å². The highest BCUT2D eigenvalue weighted by Gasteiger charge is 2.34. The highest BCUT2D eigenvalue weighted by atomic mass is 79.9. The number of hydroxylamine groups is 2. The first-order chi connectivity index (χ1) is 14.6. The number of aromatic nitrogens is 1. The van der Waals surface area contributed by atoms with E-state index < -0.39 is 24.9 Å². The number of amides is 1. The molecule has 4 rings (SSSR count). The Bertz CT molecular complexity index is 1190. The predicted octanol–water partition coefficient (Wildman–Crippen LogP) is 3.98. The van der Waals surface area contributed by atoms with Gasteiger partial charge in [-0.15, -0.1) is 0 Å². The summed E-state index contributed by atoms with van der Waals surface area (Å²) in [4.78, 5) is 15.7. The molecule has 7 nitrogen and oxygen atoms in total. The van der Waals surface area contributed by atoms with Gasteiger partial charge in [0.25, 0.3) is 0 Å². The summed E-state index contributed by atoms with van der Waals surface area (Å²) >= 11 is 3.18. The molecule has 3 N–H and O–H groups in total. The van der Waals surface area contributed by atoms with E-state index in [1.807, 2.05) is 18.2 Å². The molecular formula is C20H16BrF3N4O3. The molecule has 0 bridgehead atoms. The van der Waals surface area contributed by atoms with Crippen LogP contribution in [0.3, 0.4) is 0 Å². The summed E-state index contributed by atoms with van der Waals surface area (Å²) < 4.78 is 43.8. The van der Waals surface area contributed by atoms with E-state index in [2.05, 4.69) is 20.9 Å². The van der Waals surface area contributed by atoms with Gasteiger partial charge in [-0.05, 0) is 46.3 Å². The molecule has 0 fully saturated rings. The first-order valence-corrected chi connectivity index (χ1v) is 9.85. The van der Waals surface area contributed by atoms with E-state index >= 15 is 0 Å². The monoisotopic (exact) mass is 496 g/mol. The average Bonchev–Trinajstić information content (AvgIpc) is 3.08. The molecule has 1 aliphatic rings. The Kier molecular flexibility index (Phi) is 5.40. The number of primary amides is 1. The molecule has 0 saturated heterocycles. The zero-order chi connectivity index (χ0) is 22.3. The first kappa shape index (κ1) is 21.2. The molecule has 1 aromatic heterocycles. The number of rotatable bonds is 6. The van der Waals surface area contributed by atoms with Crippen molar-refractivity contribution >= 4 is 38.6 Å². The van der Waals surface area contributed by atoms with Crippen molar-refractivity contribution in [3.05, 3.63) is 64.3 Å². The van der Waals surface area contributed by atoms with Crippen LogP contribution in [-0.2, 0) is 11.3 Å². The van der Waals surface area contributed by atoms with Gasteiger partial charge in [-0.2, -0.15) is 13.2 Å². The van der Waals surface area contributed by atoms with Crippen LogP contribution in [0.25, 0.3) is 10.9 Å². The standard InChI is InChI=1S/C20H16BrF3N4O3/c21-14-8-11(4-5-16(14)31-10-20(22,23)24)18-26-19(28(18)30)13-2-1-3-15-12(13)6-7-27(15)9-17(25)29/h1-8,19,30H,9-10H2,(H2,25,29). The van der Waals surface area contributed by atoms with Gasteiger partial charge in [0.15, 0.2) is 18.6 Å². The number of nitrogens with two attached hydrogens (primary N) is 1. The highest BCUT2D eigenvalue weighted by molar-refractivity contribution is 9.10. The molecule has 162 valence electrons. The number of fused-ring (bicyclic) bond motifs is 1. The Morgan fingerprint density at radius 3 is 2.68 bits per heavy atom. The number of alkyl halides is 3. The Morgan fingerprint density at radius 2 is 2.03 bits per heavy atom. The van der Waals surface area contributed by atoms with Gasteiger partial charge < -0.3 is 15.0 Å². The van der Waals surface area contributed by atoms with Crippen molar-refractivity contribution in [3.63, 3.8) is 0 Å². The number of amidine groups is 1. The van der Waals surface area contributed by atoms with Crippen molar-refractivity contribution in [3.8, 4) is 5.75 Å². The number of benzene rings is 2. The van der Waals surface area contributed by atoms with Crippen molar-refractivity contribution in [2.24, 2.45) is 10.7 Å². The predicted molar refractivity (Wildman–Crippen MR) is 110 cm³/mol. The van der Waals surface area contributed by atoms with Crippen molar-refractivity contribution in [2.45, 2.75) is 18.9 Å². The van der Waals surface area contributed by atoms with Crippen LogP contribution in [0.4, 0.5) is 13.2 Å². The maximum atomic E-state index is 12.4. The second-order valence-corrected chi connectivity index (χ2v) is 7.76. The Morgan fingerprint density at radius 1 is 1.26 bits per heavy atom. The smallest absolute Gasteiger partial charge is 0.422 e. The van der Waals surface area contributed by atoms with Gasteiger partial charge in [0, 0.05) is 28.2 Å². The molecule has 1 unspecified atom stereocenters. The number of hydrogen-bond donors (Lipinski definition) is 2. The SMILES string of the molecule is NC(=O)Cn1ccc2c(C3N=C(c4ccc(OCC(F)(F)F)c(Br)c4)N3O)cccc21. The van der Waals surface area contributed by atoms with Gasteiger partial charge >= 0.3 is 6.18 Å². The molecule has 2 heterocycles. The molecule has 1 aliphatic heterocycles. The lowest BCUT2D eigenvalue weighted by Gasteiger charge is -2.35. The van der Waals surface area contributed by atoms with Crippen LogP contribution in [0, 0.1) is 0 Å². The lowest BCUT2D eigenvalue weighted by atomic mass is 10.0. The average molecular weight is 497 g/mol. The fourth-order valence-corrected chi connectivity index (χ4v) is 3.89. The van der Waals surface area contributed by atoms with Crippen molar-refractivity contribution in [1.82, 2.24) is 9.63 Å². The summed E-state index contributed by atoms with van der Waals surface area (Å²) in [5.41, 5.74) is 7.29. The van der Waals surface area contributed by atoms with E-state index in [0.717, 1.165) is 21.5 Å². The number of aliphatic imine (C=N–C) groups is 1. The number of ether oxygens (including phenoxy) is 1. The van der Waals surface area contributed by atoms with Gasteiger partial charge in [0.05, 0.1) is 4.47 Å². The summed E-state index contributed by atoms with van der Waals surface area (Å²) in [5, 5.41) is 12.4. The van der Waals surface area contributed by atoms with Crippen molar-refractivity contribution in [1.29, 1.82) is 0 Å². The number of carbonyl (C=O) groups is 1. The largest absolute Gasteiger partial charge is 0.483 e. The Labute approximate surface area is 182 Å². The number of halogens is 4. The van der Waals surface area contributed by atoms with Crippen LogP contribution in [0.1, 0.15) is 17.3 Å². The quantitative estimate of drug-likeness (QED) is 0.539. The van der Waals surface area contributed by atoms with E-state index in [1.54, 1.807) is 16.8 Å². The molecule has 31 heavy (non-hydrogen) atoms. The Balaban J connectivity index is 1.58. The maximum absolute atomic E-state index is 12.4. The molecule has 11 heteroatoms. The van der Waals surface area contributed by atoms with Crippen LogP contribution in [0.2, 0.25) is 0 Å². The van der Waals surface area contributed by atoms with Crippen LogP contribution in [0.15, 0.2) is 58.1 Å². The lowest BCUT2D eigenvalue weighted by molar-refractivity contribution is -0.153. The van der Waals surface area contributed by atoms with Crippen molar-refractivity contribution < 1.29 is 27.9 Å². The van der Waals surface area contributed by atoms with Gasteiger partial charge in [0.2, 0.25) is 5.91 Å². The van der Waals surface area contributed by atoms with Gasteiger partial charge in [0.1, 0.15) is 12.3 Å².